The van der Waals surface area contributed by atoms with Crippen molar-refractivity contribution in [3.8, 4) is 5.88 Å². The Hall–Kier alpha value is -3.00. The first-order valence-corrected chi connectivity index (χ1v) is 8.12. The van der Waals surface area contributed by atoms with Crippen molar-refractivity contribution in [2.75, 3.05) is 0 Å². The van der Waals surface area contributed by atoms with E-state index in [9.17, 15) is 14.7 Å². The number of carbonyl (C=O) groups excluding carboxylic acids is 2. The molecule has 7 nitrogen and oxygen atoms in total. The third-order valence-corrected chi connectivity index (χ3v) is 3.94. The molecule has 0 bridgehead atoms. The van der Waals surface area contributed by atoms with Crippen molar-refractivity contribution in [1.29, 1.82) is 0 Å². The van der Waals surface area contributed by atoms with Gasteiger partial charge in [-0.15, -0.1) is 10.2 Å². The second-order valence-electron chi connectivity index (χ2n) is 5.19. The van der Waals surface area contributed by atoms with E-state index in [1.807, 2.05) is 30.3 Å². The molecule has 0 saturated heterocycles. The van der Waals surface area contributed by atoms with E-state index in [4.69, 9.17) is 0 Å². The number of hydrogen-bond acceptors (Lipinski definition) is 4. The van der Waals surface area contributed by atoms with Gasteiger partial charge in [0.2, 0.25) is 5.88 Å². The number of halogens is 1. The molecule has 0 fully saturated rings. The van der Waals surface area contributed by atoms with E-state index in [1.165, 1.54) is 0 Å². The molecule has 0 aliphatic rings. The lowest BCUT2D eigenvalue weighted by Crippen LogP contribution is -2.29. The van der Waals surface area contributed by atoms with Crippen LogP contribution in [0.25, 0.3) is 10.9 Å². The van der Waals surface area contributed by atoms with Crippen LogP contribution in [0.4, 0.5) is 5.69 Å². The Kier molecular flexibility index (Phi) is 4.90. The molecule has 126 valence electrons. The van der Waals surface area contributed by atoms with Crippen LogP contribution >= 0.6 is 15.9 Å². The number of nitrogens with zero attached hydrogens (tertiary/aromatic N) is 2. The summed E-state index contributed by atoms with van der Waals surface area (Å²) in [7, 11) is 0. The quantitative estimate of drug-likeness (QED) is 0.461. The van der Waals surface area contributed by atoms with Gasteiger partial charge in [0.25, 0.3) is 0 Å². The highest BCUT2D eigenvalue weighted by atomic mass is 79.9. The van der Waals surface area contributed by atoms with Crippen molar-refractivity contribution in [1.82, 2.24) is 10.3 Å². The van der Waals surface area contributed by atoms with Gasteiger partial charge >= 0.3 is 11.8 Å². The lowest BCUT2D eigenvalue weighted by Gasteiger charge is -2.01. The van der Waals surface area contributed by atoms with Crippen LogP contribution in [-0.4, -0.2) is 21.9 Å². The summed E-state index contributed by atoms with van der Waals surface area (Å²) >= 11 is 3.32. The van der Waals surface area contributed by atoms with Gasteiger partial charge in [0, 0.05) is 16.4 Å². The minimum Gasteiger partial charge on any atom is -0.493 e. The van der Waals surface area contributed by atoms with Crippen LogP contribution in [0.15, 0.2) is 63.2 Å². The molecule has 0 unspecified atom stereocenters. The number of amides is 2. The van der Waals surface area contributed by atoms with E-state index >= 15 is 0 Å². The number of aromatic nitrogens is 1. The van der Waals surface area contributed by atoms with Gasteiger partial charge in [-0.1, -0.05) is 46.3 Å². The van der Waals surface area contributed by atoms with Gasteiger partial charge < -0.3 is 15.4 Å². The number of benzene rings is 2. The lowest BCUT2D eigenvalue weighted by molar-refractivity contribution is -0.137. The number of H-pyrrole nitrogens is 1. The zero-order valence-corrected chi connectivity index (χ0v) is 14.4. The van der Waals surface area contributed by atoms with Crippen LogP contribution in [-0.2, 0) is 16.1 Å². The summed E-state index contributed by atoms with van der Waals surface area (Å²) in [5.41, 5.74) is 1.59. The average Bonchev–Trinajstić information content (AvgIpc) is 2.93. The normalized spacial score (nSPS) is 11.1. The summed E-state index contributed by atoms with van der Waals surface area (Å²) in [5.74, 6) is -2.14. The molecule has 0 atom stereocenters. The van der Waals surface area contributed by atoms with Gasteiger partial charge in [0.1, 0.15) is 0 Å². The van der Waals surface area contributed by atoms with Gasteiger partial charge in [-0.3, -0.25) is 9.59 Å². The van der Waals surface area contributed by atoms with E-state index in [1.54, 1.807) is 18.2 Å². The van der Waals surface area contributed by atoms with Crippen molar-refractivity contribution in [3.05, 3.63) is 58.6 Å². The van der Waals surface area contributed by atoms with Crippen LogP contribution in [0.3, 0.4) is 0 Å². The van der Waals surface area contributed by atoms with Crippen LogP contribution < -0.4 is 5.32 Å². The number of aromatic amines is 1. The molecule has 2 aromatic carbocycles. The Morgan fingerprint density at radius 1 is 1.16 bits per heavy atom. The Balaban J connectivity index is 1.71. The third kappa shape index (κ3) is 3.92. The Bertz CT molecular complexity index is 967. The monoisotopic (exact) mass is 400 g/mol. The number of fused-ring (bicyclic) bond motifs is 1. The molecule has 2 amide bonds. The van der Waals surface area contributed by atoms with E-state index in [2.05, 4.69) is 36.5 Å². The smallest absolute Gasteiger partial charge is 0.353 e. The Morgan fingerprint density at radius 3 is 2.68 bits per heavy atom. The fraction of sp³-hybridized carbons (Fsp3) is 0.0588. The van der Waals surface area contributed by atoms with Crippen LogP contribution in [0.2, 0.25) is 0 Å². The molecule has 8 heteroatoms. The van der Waals surface area contributed by atoms with Crippen molar-refractivity contribution in [3.63, 3.8) is 0 Å². The fourth-order valence-electron chi connectivity index (χ4n) is 2.23. The molecule has 0 spiro atoms. The predicted molar refractivity (Wildman–Crippen MR) is 95.5 cm³/mol. The van der Waals surface area contributed by atoms with Crippen molar-refractivity contribution in [2.45, 2.75) is 6.54 Å². The second kappa shape index (κ2) is 7.27. The van der Waals surface area contributed by atoms with Crippen molar-refractivity contribution < 1.29 is 14.7 Å². The maximum Gasteiger partial charge on any atom is 0.353 e. The van der Waals surface area contributed by atoms with Crippen LogP contribution in [0.1, 0.15) is 5.56 Å². The number of nitrogens with one attached hydrogen (secondary N) is 2. The third-order valence-electron chi connectivity index (χ3n) is 3.45. The van der Waals surface area contributed by atoms with Crippen molar-refractivity contribution >= 4 is 44.3 Å². The molecule has 0 radical (unpaired) electrons. The SMILES string of the molecule is O=C(N=Nc1c(O)[nH]c2ccc(Br)cc12)C(=O)NCc1ccccc1. The molecule has 3 aromatic rings. The van der Waals surface area contributed by atoms with Crippen molar-refractivity contribution in [2.24, 2.45) is 10.2 Å². The number of carbonyl (C=O) groups is 2. The molecular weight excluding hydrogens is 388 g/mol. The maximum absolute atomic E-state index is 11.8. The molecule has 0 saturated carbocycles. The topological polar surface area (TPSA) is 107 Å². The zero-order valence-electron chi connectivity index (χ0n) is 12.9. The van der Waals surface area contributed by atoms with Gasteiger partial charge in [0.05, 0.1) is 5.52 Å². The maximum atomic E-state index is 11.8. The highest BCUT2D eigenvalue weighted by Gasteiger charge is 2.15. The summed E-state index contributed by atoms with van der Waals surface area (Å²) < 4.78 is 0.780. The van der Waals surface area contributed by atoms with E-state index in [0.29, 0.717) is 10.9 Å². The molecule has 1 aromatic heterocycles. The minimum atomic E-state index is -1.04. The number of azo groups is 1. The molecule has 0 aliphatic carbocycles. The first-order valence-electron chi connectivity index (χ1n) is 7.32. The summed E-state index contributed by atoms with van der Waals surface area (Å²) in [6.07, 6.45) is 0. The predicted octanol–water partition coefficient (Wildman–Crippen LogP) is 3.56. The van der Waals surface area contributed by atoms with Crippen LogP contribution in [0.5, 0.6) is 5.88 Å². The zero-order chi connectivity index (χ0) is 17.8. The average molecular weight is 401 g/mol. The molecule has 3 N–H and O–H groups in total. The summed E-state index contributed by atoms with van der Waals surface area (Å²) in [6, 6.07) is 14.4. The summed E-state index contributed by atoms with van der Waals surface area (Å²) in [6.45, 7) is 0.214. The van der Waals surface area contributed by atoms with Crippen LogP contribution in [0, 0.1) is 0 Å². The van der Waals surface area contributed by atoms with Gasteiger partial charge in [-0.25, -0.2) is 0 Å². The van der Waals surface area contributed by atoms with Gasteiger partial charge in [-0.05, 0) is 23.8 Å². The highest BCUT2D eigenvalue weighted by molar-refractivity contribution is 9.10. The summed E-state index contributed by atoms with van der Waals surface area (Å²) in [5, 5.41) is 20.1. The first-order chi connectivity index (χ1) is 12.0. The standard InChI is InChI=1S/C17H13BrN4O3/c18-11-6-7-13-12(8-11)14(15(23)20-13)21-22-17(25)16(24)19-9-10-4-2-1-3-5-10/h1-8,20,23H,9H2,(H,19,24). The number of rotatable bonds is 3. The van der Waals surface area contributed by atoms with E-state index in [0.717, 1.165) is 10.0 Å². The Labute approximate surface area is 150 Å². The largest absolute Gasteiger partial charge is 0.493 e. The second-order valence-corrected chi connectivity index (χ2v) is 6.10. The van der Waals surface area contributed by atoms with Gasteiger partial charge in [0.15, 0.2) is 5.69 Å². The lowest BCUT2D eigenvalue weighted by atomic mass is 10.2. The highest BCUT2D eigenvalue weighted by Crippen LogP contribution is 2.36. The minimum absolute atomic E-state index is 0.0977. The molecule has 1 heterocycles. The number of aromatic hydroxyl groups is 1. The molecule has 0 aliphatic heterocycles. The summed E-state index contributed by atoms with van der Waals surface area (Å²) in [4.78, 5) is 26.3. The molecule has 3 rings (SSSR count). The first kappa shape index (κ1) is 16.8. The number of hydrogen-bond donors (Lipinski definition) is 3. The van der Waals surface area contributed by atoms with Gasteiger partial charge in [-0.2, -0.15) is 0 Å². The Morgan fingerprint density at radius 2 is 1.92 bits per heavy atom. The fourth-order valence-corrected chi connectivity index (χ4v) is 2.59. The molecular formula is C17H13BrN4O3. The van der Waals surface area contributed by atoms with E-state index < -0.39 is 11.8 Å². The molecule has 25 heavy (non-hydrogen) atoms. The van der Waals surface area contributed by atoms with E-state index in [-0.39, 0.29) is 18.1 Å².